The zero-order chi connectivity index (χ0) is 16.3. The van der Waals surface area contributed by atoms with Gasteiger partial charge in [0.05, 0.1) is 0 Å². The average molecular weight is 329 g/mol. The summed E-state index contributed by atoms with van der Waals surface area (Å²) in [6.07, 6.45) is 3.50. The fourth-order valence-corrected chi connectivity index (χ4v) is 4.93. The van der Waals surface area contributed by atoms with Crippen molar-refractivity contribution in [1.82, 2.24) is 0 Å². The summed E-state index contributed by atoms with van der Waals surface area (Å²) < 4.78 is 31.4. The maximum atomic E-state index is 13.3. The van der Waals surface area contributed by atoms with E-state index in [1.165, 1.54) is 6.07 Å². The van der Waals surface area contributed by atoms with Crippen LogP contribution in [0.5, 0.6) is 0 Å². The summed E-state index contributed by atoms with van der Waals surface area (Å²) in [7, 11) is -2.68. The smallest absolute Gasteiger partial charge is 0.373 e. The minimum Gasteiger partial charge on any atom is -0.373 e. The van der Waals surface area contributed by atoms with E-state index < -0.39 is 8.80 Å². The minimum absolute atomic E-state index is 0.205. The van der Waals surface area contributed by atoms with Gasteiger partial charge in [-0.2, -0.15) is 0 Å². The third-order valence-electron chi connectivity index (χ3n) is 3.19. The molecule has 0 atom stereocenters. The molecule has 0 fully saturated rings. The first-order valence-electron chi connectivity index (χ1n) is 8.32. The summed E-state index contributed by atoms with van der Waals surface area (Å²) in [5.74, 6) is -0.205. The first kappa shape index (κ1) is 19.3. The lowest BCUT2D eigenvalue weighted by molar-refractivity contribution is 0.0593. The normalized spacial score (nSPS) is 11.8. The van der Waals surface area contributed by atoms with Crippen LogP contribution in [0.1, 0.15) is 45.6 Å². The highest BCUT2D eigenvalue weighted by Crippen LogP contribution is 2.21. The molecule has 0 N–H and O–H groups in total. The molecule has 0 radical (unpaired) electrons. The van der Waals surface area contributed by atoms with Gasteiger partial charge in [-0.15, -0.1) is 0 Å². The van der Waals surface area contributed by atoms with Crippen molar-refractivity contribution in [3.05, 3.63) is 35.6 Å². The van der Waals surface area contributed by atoms with Gasteiger partial charge in [0.1, 0.15) is 5.82 Å². The Morgan fingerprint density at radius 2 is 1.45 bits per heavy atom. The minimum atomic E-state index is -2.68. The molecule has 3 nitrogen and oxygen atoms in total. The molecule has 0 bridgehead atoms. The highest BCUT2D eigenvalue weighted by molar-refractivity contribution is 6.60. The van der Waals surface area contributed by atoms with Gasteiger partial charge in [-0.3, -0.25) is 0 Å². The van der Waals surface area contributed by atoms with Gasteiger partial charge in [-0.25, -0.2) is 4.39 Å². The van der Waals surface area contributed by atoms with Gasteiger partial charge >= 0.3 is 8.80 Å². The van der Waals surface area contributed by atoms with Crippen molar-refractivity contribution in [2.24, 2.45) is 0 Å². The molecule has 0 heterocycles. The summed E-state index contributed by atoms with van der Waals surface area (Å²) >= 11 is 0. The Bertz CT molecular complexity index is 393. The average Bonchev–Trinajstić information content (AvgIpc) is 2.53. The van der Waals surface area contributed by atoms with E-state index in [0.717, 1.165) is 24.8 Å². The second-order valence-electron chi connectivity index (χ2n) is 5.36. The summed E-state index contributed by atoms with van der Waals surface area (Å²) in [5, 5.41) is 0. The second-order valence-corrected chi connectivity index (χ2v) is 8.09. The van der Waals surface area contributed by atoms with Crippen LogP contribution in [0.2, 0.25) is 6.04 Å². The van der Waals surface area contributed by atoms with E-state index in [1.807, 2.05) is 6.07 Å². The number of benzene rings is 1. The first-order chi connectivity index (χ1) is 10.7. The number of hydrogen-bond donors (Lipinski definition) is 0. The standard InChI is InChI=1S/C17H29FO3Si/c1-4-11-19-22(20-12-5-2,21-13-6-3)14-10-16-8-7-9-17(18)15-16/h7-9,15H,4-6,10-14H2,1-3H3. The number of rotatable bonds is 12. The Morgan fingerprint density at radius 3 is 1.91 bits per heavy atom. The van der Waals surface area contributed by atoms with Gasteiger partial charge in [0, 0.05) is 25.9 Å². The van der Waals surface area contributed by atoms with Crippen molar-refractivity contribution in [2.75, 3.05) is 19.8 Å². The Hall–Kier alpha value is -0.753. The van der Waals surface area contributed by atoms with Crippen molar-refractivity contribution in [3.8, 4) is 0 Å². The SMILES string of the molecule is CCCO[Si](CCc1cccc(F)c1)(OCCC)OCCC. The molecule has 0 aliphatic carbocycles. The summed E-state index contributed by atoms with van der Waals surface area (Å²) in [5.41, 5.74) is 0.956. The van der Waals surface area contributed by atoms with Gasteiger partial charge in [-0.1, -0.05) is 32.9 Å². The van der Waals surface area contributed by atoms with E-state index in [1.54, 1.807) is 12.1 Å². The van der Waals surface area contributed by atoms with Crippen LogP contribution in [0.25, 0.3) is 0 Å². The molecule has 0 spiro atoms. The van der Waals surface area contributed by atoms with Crippen LogP contribution in [0, 0.1) is 5.82 Å². The van der Waals surface area contributed by atoms with Gasteiger partial charge in [-0.05, 0) is 43.4 Å². The molecular formula is C17H29FO3Si. The van der Waals surface area contributed by atoms with Crippen molar-refractivity contribution < 1.29 is 17.7 Å². The Morgan fingerprint density at radius 1 is 0.909 bits per heavy atom. The summed E-state index contributed by atoms with van der Waals surface area (Å²) in [6.45, 7) is 8.15. The number of halogens is 1. The third kappa shape index (κ3) is 7.00. The fraction of sp³-hybridized carbons (Fsp3) is 0.647. The molecule has 0 saturated carbocycles. The fourth-order valence-electron chi connectivity index (χ4n) is 2.10. The van der Waals surface area contributed by atoms with Gasteiger partial charge in [0.25, 0.3) is 0 Å². The Kier molecular flexibility index (Phi) is 9.55. The molecule has 0 aliphatic rings. The quantitative estimate of drug-likeness (QED) is 0.525. The molecule has 22 heavy (non-hydrogen) atoms. The van der Waals surface area contributed by atoms with E-state index in [-0.39, 0.29) is 5.82 Å². The number of aryl methyl sites for hydroxylation is 1. The molecule has 1 aromatic carbocycles. The predicted molar refractivity (Wildman–Crippen MR) is 89.4 cm³/mol. The monoisotopic (exact) mass is 328 g/mol. The maximum absolute atomic E-state index is 13.3. The number of hydrogen-bond acceptors (Lipinski definition) is 3. The molecule has 0 saturated heterocycles. The van der Waals surface area contributed by atoms with Crippen molar-refractivity contribution >= 4 is 8.80 Å². The Labute approximate surface area is 135 Å². The lowest BCUT2D eigenvalue weighted by atomic mass is 10.2. The van der Waals surface area contributed by atoms with Gasteiger partial charge in [0.15, 0.2) is 0 Å². The third-order valence-corrected chi connectivity index (χ3v) is 5.98. The van der Waals surface area contributed by atoms with Crippen molar-refractivity contribution in [1.29, 1.82) is 0 Å². The summed E-state index contributed by atoms with van der Waals surface area (Å²) in [6, 6.07) is 7.39. The zero-order valence-electron chi connectivity index (χ0n) is 14.1. The van der Waals surface area contributed by atoms with Crippen LogP contribution in [-0.2, 0) is 19.7 Å². The molecule has 0 amide bonds. The highest BCUT2D eigenvalue weighted by Gasteiger charge is 2.40. The van der Waals surface area contributed by atoms with Gasteiger partial charge in [0.2, 0.25) is 0 Å². The zero-order valence-corrected chi connectivity index (χ0v) is 15.1. The molecule has 1 rings (SSSR count). The van der Waals surface area contributed by atoms with Crippen LogP contribution < -0.4 is 0 Å². The first-order valence-corrected chi connectivity index (χ1v) is 10.2. The maximum Gasteiger partial charge on any atom is 0.501 e. The van der Waals surface area contributed by atoms with E-state index >= 15 is 0 Å². The molecular weight excluding hydrogens is 299 g/mol. The predicted octanol–water partition coefficient (Wildman–Crippen LogP) is 4.59. The molecule has 0 aliphatic heterocycles. The van der Waals surface area contributed by atoms with E-state index in [9.17, 15) is 4.39 Å². The largest absolute Gasteiger partial charge is 0.501 e. The molecule has 0 unspecified atom stereocenters. The topological polar surface area (TPSA) is 27.7 Å². The van der Waals surface area contributed by atoms with E-state index in [4.69, 9.17) is 13.3 Å². The molecule has 126 valence electrons. The lowest BCUT2D eigenvalue weighted by Crippen LogP contribution is -2.47. The molecule has 5 heteroatoms. The van der Waals surface area contributed by atoms with Crippen LogP contribution >= 0.6 is 0 Å². The lowest BCUT2D eigenvalue weighted by Gasteiger charge is -2.29. The molecule has 0 aromatic heterocycles. The van der Waals surface area contributed by atoms with Crippen molar-refractivity contribution in [2.45, 2.75) is 52.5 Å². The van der Waals surface area contributed by atoms with Crippen LogP contribution in [0.15, 0.2) is 24.3 Å². The second kappa shape index (κ2) is 10.9. The van der Waals surface area contributed by atoms with Crippen LogP contribution in [-0.4, -0.2) is 28.6 Å². The van der Waals surface area contributed by atoms with Crippen molar-refractivity contribution in [3.63, 3.8) is 0 Å². The van der Waals surface area contributed by atoms with Gasteiger partial charge < -0.3 is 13.3 Å². The highest BCUT2D eigenvalue weighted by atomic mass is 28.4. The van der Waals surface area contributed by atoms with E-state index in [0.29, 0.717) is 32.3 Å². The van der Waals surface area contributed by atoms with E-state index in [2.05, 4.69) is 20.8 Å². The molecule has 1 aromatic rings. The Balaban J connectivity index is 2.75. The van der Waals surface area contributed by atoms with Crippen LogP contribution in [0.4, 0.5) is 4.39 Å². The summed E-state index contributed by atoms with van der Waals surface area (Å²) in [4.78, 5) is 0. The van der Waals surface area contributed by atoms with Crippen LogP contribution in [0.3, 0.4) is 0 Å².